The first-order valence-corrected chi connectivity index (χ1v) is 4.93. The van der Waals surface area contributed by atoms with Crippen LogP contribution in [0.2, 0.25) is 0 Å². The lowest BCUT2D eigenvalue weighted by Gasteiger charge is -2.13. The van der Waals surface area contributed by atoms with Gasteiger partial charge in [0.25, 0.3) is 0 Å². The molecule has 7 heteroatoms. The van der Waals surface area contributed by atoms with E-state index in [2.05, 4.69) is 10.3 Å². The first kappa shape index (κ1) is 10.5. The lowest BCUT2D eigenvalue weighted by atomic mass is 10.3. The number of hydrogen-bond acceptors (Lipinski definition) is 3. The van der Waals surface area contributed by atoms with Crippen LogP contribution in [0.25, 0.3) is 0 Å². The third-order valence-corrected chi connectivity index (χ3v) is 2.53. The van der Waals surface area contributed by atoms with Crippen LogP contribution in [-0.4, -0.2) is 50.8 Å². The van der Waals surface area contributed by atoms with E-state index in [0.717, 1.165) is 0 Å². The Labute approximate surface area is 91.7 Å². The molecule has 7 nitrogen and oxygen atoms in total. The lowest BCUT2D eigenvalue weighted by molar-refractivity contribution is 0.154. The van der Waals surface area contributed by atoms with Crippen molar-refractivity contribution in [3.8, 4) is 0 Å². The Morgan fingerprint density at radius 1 is 1.50 bits per heavy atom. The quantitative estimate of drug-likeness (QED) is 0.713. The molecule has 0 saturated carbocycles. The minimum Gasteiger partial charge on any atom is -0.465 e. The fourth-order valence-corrected chi connectivity index (χ4v) is 1.68. The van der Waals surface area contributed by atoms with Gasteiger partial charge in [0.1, 0.15) is 6.33 Å². The number of carbonyl (C=O) groups excluding carboxylic acids is 1. The summed E-state index contributed by atoms with van der Waals surface area (Å²) in [5.74, 6) is 0. The molecule has 16 heavy (non-hydrogen) atoms. The second kappa shape index (κ2) is 4.21. The van der Waals surface area contributed by atoms with Crippen LogP contribution in [0.4, 0.5) is 9.59 Å². The van der Waals surface area contributed by atoms with E-state index >= 15 is 0 Å². The van der Waals surface area contributed by atoms with Crippen molar-refractivity contribution in [3.05, 3.63) is 18.7 Å². The molecule has 1 atom stereocenters. The summed E-state index contributed by atoms with van der Waals surface area (Å²) in [7, 11) is 0. The molecule has 1 aliphatic rings. The van der Waals surface area contributed by atoms with Crippen LogP contribution >= 0.6 is 0 Å². The van der Waals surface area contributed by atoms with Gasteiger partial charge in [0.15, 0.2) is 0 Å². The molecular weight excluding hydrogens is 212 g/mol. The van der Waals surface area contributed by atoms with E-state index in [0.29, 0.717) is 19.5 Å². The molecule has 2 amide bonds. The highest BCUT2D eigenvalue weighted by molar-refractivity contribution is 5.77. The Morgan fingerprint density at radius 3 is 2.88 bits per heavy atom. The van der Waals surface area contributed by atoms with Crippen molar-refractivity contribution in [1.82, 2.24) is 19.8 Å². The highest BCUT2D eigenvalue weighted by atomic mass is 16.4. The normalized spacial score (nSPS) is 19.8. The summed E-state index contributed by atoms with van der Waals surface area (Å²) in [4.78, 5) is 27.3. The molecule has 2 rings (SSSR count). The van der Waals surface area contributed by atoms with Gasteiger partial charge in [-0.05, 0) is 6.42 Å². The molecule has 0 aromatic carbocycles. The molecule has 1 aromatic heterocycles. The van der Waals surface area contributed by atoms with Crippen molar-refractivity contribution in [1.29, 1.82) is 0 Å². The minimum absolute atomic E-state index is 0.119. The number of likely N-dealkylation sites (tertiary alicyclic amines) is 1. The number of hydrogen-bond donors (Lipinski definition) is 2. The summed E-state index contributed by atoms with van der Waals surface area (Å²) >= 11 is 0. The van der Waals surface area contributed by atoms with Crippen LogP contribution in [-0.2, 0) is 0 Å². The van der Waals surface area contributed by atoms with E-state index in [1.54, 1.807) is 6.20 Å². The summed E-state index contributed by atoms with van der Waals surface area (Å²) in [5.41, 5.74) is 0. The summed E-state index contributed by atoms with van der Waals surface area (Å²) in [5, 5.41) is 11.5. The van der Waals surface area contributed by atoms with Crippen LogP contribution in [0.5, 0.6) is 0 Å². The monoisotopic (exact) mass is 224 g/mol. The van der Waals surface area contributed by atoms with Gasteiger partial charge in [-0.3, -0.25) is 4.57 Å². The fourth-order valence-electron chi connectivity index (χ4n) is 1.68. The number of amides is 2. The predicted molar refractivity (Wildman–Crippen MR) is 54.2 cm³/mol. The highest BCUT2D eigenvalue weighted by Crippen LogP contribution is 2.09. The van der Waals surface area contributed by atoms with Crippen molar-refractivity contribution in [2.24, 2.45) is 0 Å². The smallest absolute Gasteiger partial charge is 0.407 e. The number of imidazole rings is 1. The maximum absolute atomic E-state index is 11.6. The second-order valence-electron chi connectivity index (χ2n) is 3.63. The molecule has 0 unspecified atom stereocenters. The Hall–Kier alpha value is -2.05. The zero-order valence-corrected chi connectivity index (χ0v) is 8.54. The van der Waals surface area contributed by atoms with Crippen LogP contribution in [0.15, 0.2) is 18.7 Å². The summed E-state index contributed by atoms with van der Waals surface area (Å²) in [6.45, 7) is 0.806. The number of nitrogens with zero attached hydrogens (tertiary/aromatic N) is 3. The van der Waals surface area contributed by atoms with Crippen molar-refractivity contribution >= 4 is 12.1 Å². The Morgan fingerprint density at radius 2 is 2.31 bits per heavy atom. The van der Waals surface area contributed by atoms with Gasteiger partial charge >= 0.3 is 12.1 Å². The van der Waals surface area contributed by atoms with E-state index in [-0.39, 0.29) is 12.1 Å². The van der Waals surface area contributed by atoms with Gasteiger partial charge in [-0.15, -0.1) is 0 Å². The van der Waals surface area contributed by atoms with Gasteiger partial charge < -0.3 is 15.3 Å². The Kier molecular flexibility index (Phi) is 2.76. The molecule has 2 heterocycles. The molecule has 0 spiro atoms. The van der Waals surface area contributed by atoms with E-state index < -0.39 is 6.09 Å². The second-order valence-corrected chi connectivity index (χ2v) is 3.63. The van der Waals surface area contributed by atoms with Gasteiger partial charge in [-0.1, -0.05) is 0 Å². The van der Waals surface area contributed by atoms with Crippen molar-refractivity contribution in [2.45, 2.75) is 12.5 Å². The summed E-state index contributed by atoms with van der Waals surface area (Å²) < 4.78 is 1.32. The third-order valence-electron chi connectivity index (χ3n) is 2.53. The Balaban J connectivity index is 1.88. The van der Waals surface area contributed by atoms with E-state index in [9.17, 15) is 9.59 Å². The van der Waals surface area contributed by atoms with Crippen LogP contribution in [0.1, 0.15) is 6.42 Å². The van der Waals surface area contributed by atoms with Gasteiger partial charge in [0.2, 0.25) is 0 Å². The molecule has 86 valence electrons. The van der Waals surface area contributed by atoms with E-state index in [4.69, 9.17) is 5.11 Å². The molecule has 1 saturated heterocycles. The number of carbonyl (C=O) groups is 2. The lowest BCUT2D eigenvalue weighted by Crippen LogP contribution is -2.39. The van der Waals surface area contributed by atoms with Crippen molar-refractivity contribution in [2.75, 3.05) is 13.1 Å². The molecule has 0 aliphatic carbocycles. The fraction of sp³-hybridized carbons (Fsp3) is 0.444. The maximum atomic E-state index is 11.6. The number of aromatic nitrogens is 2. The van der Waals surface area contributed by atoms with Gasteiger partial charge in [-0.2, -0.15) is 0 Å². The number of nitrogens with one attached hydrogen (secondary N) is 1. The number of carboxylic acid groups (broad SMARTS) is 1. The standard InChI is InChI=1S/C9H12N4O3/c14-8(13-4-2-10-6-13)11-7-1-3-12(5-7)9(15)16/h2,4,6-7H,1,3,5H2,(H,11,14)(H,15,16)/t7-/m0/s1. The zero-order valence-electron chi connectivity index (χ0n) is 8.54. The van der Waals surface area contributed by atoms with Crippen LogP contribution in [0.3, 0.4) is 0 Å². The number of rotatable bonds is 1. The maximum Gasteiger partial charge on any atom is 0.407 e. The van der Waals surface area contributed by atoms with Gasteiger partial charge in [0.05, 0.1) is 6.04 Å². The topological polar surface area (TPSA) is 87.5 Å². The van der Waals surface area contributed by atoms with Gasteiger partial charge in [0, 0.05) is 25.5 Å². The van der Waals surface area contributed by atoms with Gasteiger partial charge in [-0.25, -0.2) is 14.6 Å². The Bertz CT molecular complexity index is 389. The average molecular weight is 224 g/mol. The molecule has 1 aliphatic heterocycles. The minimum atomic E-state index is -0.945. The van der Waals surface area contributed by atoms with Crippen molar-refractivity contribution < 1.29 is 14.7 Å². The molecule has 2 N–H and O–H groups in total. The molecule has 0 radical (unpaired) electrons. The zero-order chi connectivity index (χ0) is 11.5. The average Bonchev–Trinajstić information content (AvgIpc) is 2.87. The first-order chi connectivity index (χ1) is 7.66. The SMILES string of the molecule is O=C(O)N1CC[C@H](NC(=O)n2ccnc2)C1. The predicted octanol–water partition coefficient (Wildman–Crippen LogP) is 0.193. The van der Waals surface area contributed by atoms with E-state index in [1.165, 1.54) is 22.0 Å². The summed E-state index contributed by atoms with van der Waals surface area (Å²) in [6.07, 6.45) is 4.16. The van der Waals surface area contributed by atoms with E-state index in [1.807, 2.05) is 0 Å². The van der Waals surface area contributed by atoms with Crippen LogP contribution in [0, 0.1) is 0 Å². The highest BCUT2D eigenvalue weighted by Gasteiger charge is 2.27. The summed E-state index contributed by atoms with van der Waals surface area (Å²) in [6, 6.07) is -0.402. The molecule has 1 fully saturated rings. The largest absolute Gasteiger partial charge is 0.465 e. The third kappa shape index (κ3) is 2.13. The first-order valence-electron chi connectivity index (χ1n) is 4.93. The van der Waals surface area contributed by atoms with Crippen LogP contribution < -0.4 is 5.32 Å². The molecular formula is C9H12N4O3. The molecule has 1 aromatic rings. The molecule has 0 bridgehead atoms. The van der Waals surface area contributed by atoms with Crippen molar-refractivity contribution in [3.63, 3.8) is 0 Å².